The van der Waals surface area contributed by atoms with Crippen molar-refractivity contribution in [3.05, 3.63) is 48.3 Å². The van der Waals surface area contributed by atoms with Crippen molar-refractivity contribution in [3.8, 4) is 5.69 Å². The van der Waals surface area contributed by atoms with Gasteiger partial charge in [-0.3, -0.25) is 9.79 Å². The highest BCUT2D eigenvalue weighted by Gasteiger charge is 2.18. The van der Waals surface area contributed by atoms with Gasteiger partial charge >= 0.3 is 0 Å². The van der Waals surface area contributed by atoms with Gasteiger partial charge in [-0.25, -0.2) is 4.68 Å². The Morgan fingerprint density at radius 3 is 2.79 bits per heavy atom. The first-order valence-electron chi connectivity index (χ1n) is 10.1. The molecular weight excluding hydrogens is 352 g/mol. The molecule has 1 aliphatic heterocycles. The van der Waals surface area contributed by atoms with Gasteiger partial charge in [0.1, 0.15) is 0 Å². The molecule has 150 valence electrons. The van der Waals surface area contributed by atoms with Crippen LogP contribution in [0.15, 0.2) is 47.7 Å². The lowest BCUT2D eigenvalue weighted by molar-refractivity contribution is -0.127. The quantitative estimate of drug-likeness (QED) is 0.395. The molecule has 0 spiro atoms. The van der Waals surface area contributed by atoms with E-state index < -0.39 is 0 Å². The zero-order valence-electron chi connectivity index (χ0n) is 16.6. The largest absolute Gasteiger partial charge is 0.357 e. The molecule has 0 aliphatic carbocycles. The van der Waals surface area contributed by atoms with Crippen LogP contribution in [-0.2, 0) is 11.2 Å². The Kier molecular flexibility index (Phi) is 7.46. The lowest BCUT2D eigenvalue weighted by Crippen LogP contribution is -2.38. The summed E-state index contributed by atoms with van der Waals surface area (Å²) in [5.41, 5.74) is 2.33. The zero-order chi connectivity index (χ0) is 19.6. The third kappa shape index (κ3) is 5.84. The summed E-state index contributed by atoms with van der Waals surface area (Å²) in [5.74, 6) is 1.12. The molecule has 1 aliphatic rings. The monoisotopic (exact) mass is 382 g/mol. The van der Waals surface area contributed by atoms with Crippen LogP contribution in [0, 0.1) is 0 Å². The highest BCUT2D eigenvalue weighted by molar-refractivity contribution is 5.79. The van der Waals surface area contributed by atoms with Crippen molar-refractivity contribution in [2.45, 2.75) is 32.6 Å². The molecule has 1 saturated heterocycles. The standard InChI is InChI=1S/C21H30N6O/c1-2-22-21(23-12-4-16-26-15-3-6-20(26)28)24-14-11-18-7-9-19(10-8-18)27-17-5-13-25-27/h5,7-10,13,17H,2-4,6,11-12,14-16H2,1H3,(H2,22,23,24). The number of aliphatic imine (C=N–C) groups is 1. The summed E-state index contributed by atoms with van der Waals surface area (Å²) in [5, 5.41) is 10.9. The van der Waals surface area contributed by atoms with Crippen LogP contribution >= 0.6 is 0 Å². The molecule has 2 aromatic rings. The van der Waals surface area contributed by atoms with Crippen LogP contribution in [0.5, 0.6) is 0 Å². The molecule has 3 rings (SSSR count). The summed E-state index contributed by atoms with van der Waals surface area (Å²) in [4.78, 5) is 18.2. The Morgan fingerprint density at radius 2 is 2.11 bits per heavy atom. The SMILES string of the molecule is CCNC(=NCCCN1CCCC1=O)NCCc1ccc(-n2cccn2)cc1. The second-order valence-electron chi connectivity index (χ2n) is 6.89. The van der Waals surface area contributed by atoms with Crippen molar-refractivity contribution in [1.82, 2.24) is 25.3 Å². The number of aromatic nitrogens is 2. The van der Waals surface area contributed by atoms with Crippen molar-refractivity contribution < 1.29 is 4.79 Å². The maximum Gasteiger partial charge on any atom is 0.222 e. The predicted octanol–water partition coefficient (Wildman–Crippen LogP) is 1.98. The summed E-state index contributed by atoms with van der Waals surface area (Å²) in [6.45, 7) is 6.14. The van der Waals surface area contributed by atoms with E-state index in [1.54, 1.807) is 6.20 Å². The summed E-state index contributed by atoms with van der Waals surface area (Å²) < 4.78 is 1.85. The van der Waals surface area contributed by atoms with E-state index in [2.05, 4.69) is 51.9 Å². The van der Waals surface area contributed by atoms with E-state index >= 15 is 0 Å². The van der Waals surface area contributed by atoms with Gasteiger partial charge in [0, 0.05) is 51.5 Å². The first-order chi connectivity index (χ1) is 13.8. The van der Waals surface area contributed by atoms with Crippen LogP contribution in [0.4, 0.5) is 0 Å². The van der Waals surface area contributed by atoms with Crippen LogP contribution in [-0.4, -0.2) is 59.3 Å². The molecule has 0 unspecified atom stereocenters. The number of carbonyl (C=O) groups excluding carboxylic acids is 1. The van der Waals surface area contributed by atoms with Gasteiger partial charge in [0.05, 0.1) is 5.69 Å². The van der Waals surface area contributed by atoms with E-state index in [4.69, 9.17) is 0 Å². The average molecular weight is 383 g/mol. The molecule has 2 N–H and O–H groups in total. The Labute approximate surface area is 166 Å². The second-order valence-corrected chi connectivity index (χ2v) is 6.89. The number of hydrogen-bond acceptors (Lipinski definition) is 3. The Morgan fingerprint density at radius 1 is 1.25 bits per heavy atom. The molecule has 7 heteroatoms. The molecule has 1 aromatic carbocycles. The number of nitrogens with zero attached hydrogens (tertiary/aromatic N) is 4. The zero-order valence-corrected chi connectivity index (χ0v) is 16.6. The maximum absolute atomic E-state index is 11.6. The molecule has 1 fully saturated rings. The highest BCUT2D eigenvalue weighted by atomic mass is 16.2. The molecule has 1 aromatic heterocycles. The van der Waals surface area contributed by atoms with Crippen LogP contribution < -0.4 is 10.6 Å². The van der Waals surface area contributed by atoms with Gasteiger partial charge in [-0.1, -0.05) is 12.1 Å². The minimum absolute atomic E-state index is 0.285. The van der Waals surface area contributed by atoms with E-state index in [1.807, 2.05) is 21.8 Å². The fourth-order valence-corrected chi connectivity index (χ4v) is 3.30. The van der Waals surface area contributed by atoms with Crippen molar-refractivity contribution >= 4 is 11.9 Å². The average Bonchev–Trinajstić information content (AvgIpc) is 3.38. The van der Waals surface area contributed by atoms with E-state index in [0.29, 0.717) is 6.42 Å². The Bertz CT molecular complexity index is 754. The molecular formula is C21H30N6O. The molecule has 7 nitrogen and oxygen atoms in total. The first kappa shape index (κ1) is 19.9. The lowest BCUT2D eigenvalue weighted by Gasteiger charge is -2.15. The second kappa shape index (κ2) is 10.5. The highest BCUT2D eigenvalue weighted by Crippen LogP contribution is 2.10. The fourth-order valence-electron chi connectivity index (χ4n) is 3.30. The minimum Gasteiger partial charge on any atom is -0.357 e. The summed E-state index contributed by atoms with van der Waals surface area (Å²) in [6.07, 6.45) is 7.24. The summed E-state index contributed by atoms with van der Waals surface area (Å²) in [7, 11) is 0. The molecule has 0 radical (unpaired) electrons. The number of likely N-dealkylation sites (tertiary alicyclic amines) is 1. The van der Waals surface area contributed by atoms with Gasteiger partial charge in [-0.15, -0.1) is 0 Å². The van der Waals surface area contributed by atoms with Crippen molar-refractivity contribution in [3.63, 3.8) is 0 Å². The van der Waals surface area contributed by atoms with Crippen molar-refractivity contribution in [2.75, 3.05) is 32.7 Å². The maximum atomic E-state index is 11.6. The van der Waals surface area contributed by atoms with Gasteiger partial charge in [0.25, 0.3) is 0 Å². The third-order valence-electron chi connectivity index (χ3n) is 4.78. The number of hydrogen-bond donors (Lipinski definition) is 2. The van der Waals surface area contributed by atoms with Gasteiger partial charge in [0.15, 0.2) is 5.96 Å². The topological polar surface area (TPSA) is 74.6 Å². The Balaban J connectivity index is 1.40. The van der Waals surface area contributed by atoms with Crippen molar-refractivity contribution in [2.24, 2.45) is 4.99 Å². The lowest BCUT2D eigenvalue weighted by atomic mass is 10.1. The molecule has 2 heterocycles. The Hall–Kier alpha value is -2.83. The van der Waals surface area contributed by atoms with Crippen molar-refractivity contribution in [1.29, 1.82) is 0 Å². The van der Waals surface area contributed by atoms with Crippen LogP contribution in [0.25, 0.3) is 5.69 Å². The third-order valence-corrected chi connectivity index (χ3v) is 4.78. The fraction of sp³-hybridized carbons (Fsp3) is 0.476. The molecule has 0 atom stereocenters. The van der Waals surface area contributed by atoms with Gasteiger partial charge < -0.3 is 15.5 Å². The van der Waals surface area contributed by atoms with Gasteiger partial charge in [-0.05, 0) is 49.9 Å². The van der Waals surface area contributed by atoms with Crippen LogP contribution in [0.1, 0.15) is 31.7 Å². The smallest absolute Gasteiger partial charge is 0.222 e. The van der Waals surface area contributed by atoms with Gasteiger partial charge in [0.2, 0.25) is 5.91 Å². The number of guanidine groups is 1. The number of nitrogens with one attached hydrogen (secondary N) is 2. The minimum atomic E-state index is 0.285. The van der Waals surface area contributed by atoms with Crippen LogP contribution in [0.3, 0.4) is 0 Å². The molecule has 0 bridgehead atoms. The van der Waals surface area contributed by atoms with E-state index in [1.165, 1.54) is 5.56 Å². The summed E-state index contributed by atoms with van der Waals surface area (Å²) in [6, 6.07) is 10.4. The normalized spacial score (nSPS) is 14.5. The van der Waals surface area contributed by atoms with E-state index in [9.17, 15) is 4.79 Å². The predicted molar refractivity (Wildman–Crippen MR) is 112 cm³/mol. The number of benzene rings is 1. The number of rotatable bonds is 9. The number of amides is 1. The van der Waals surface area contributed by atoms with Gasteiger partial charge in [-0.2, -0.15) is 5.10 Å². The molecule has 1 amide bonds. The number of carbonyl (C=O) groups is 1. The molecule has 0 saturated carbocycles. The van der Waals surface area contributed by atoms with E-state index in [-0.39, 0.29) is 5.91 Å². The summed E-state index contributed by atoms with van der Waals surface area (Å²) >= 11 is 0. The van der Waals surface area contributed by atoms with Crippen LogP contribution in [0.2, 0.25) is 0 Å². The first-order valence-corrected chi connectivity index (χ1v) is 10.1. The molecule has 28 heavy (non-hydrogen) atoms. The van der Waals surface area contributed by atoms with E-state index in [0.717, 1.165) is 63.6 Å².